The molecule has 6 nitrogen and oxygen atoms in total. The summed E-state index contributed by atoms with van der Waals surface area (Å²) in [6.07, 6.45) is 1.02. The van der Waals surface area contributed by atoms with Gasteiger partial charge in [0.1, 0.15) is 11.9 Å². The lowest BCUT2D eigenvalue weighted by atomic mass is 10.1. The molecule has 1 amide bonds. The molecule has 1 atom stereocenters. The number of rotatable bonds is 4. The van der Waals surface area contributed by atoms with Gasteiger partial charge in [-0.1, -0.05) is 5.16 Å². The maximum absolute atomic E-state index is 11.4. The van der Waals surface area contributed by atoms with Crippen molar-refractivity contribution < 1.29 is 14.1 Å². The van der Waals surface area contributed by atoms with Gasteiger partial charge in [-0.25, -0.2) is 4.79 Å². The summed E-state index contributed by atoms with van der Waals surface area (Å²) in [6.45, 7) is 6.18. The molecule has 1 heterocycles. The predicted octanol–water partition coefficient (Wildman–Crippen LogP) is 1.24. The maximum Gasteiger partial charge on any atom is 0.407 e. The van der Waals surface area contributed by atoms with Crippen molar-refractivity contribution in [2.75, 3.05) is 13.1 Å². The van der Waals surface area contributed by atoms with Crippen molar-refractivity contribution in [2.45, 2.75) is 32.3 Å². The Morgan fingerprint density at radius 3 is 2.82 bits per heavy atom. The van der Waals surface area contributed by atoms with Gasteiger partial charge in [0.15, 0.2) is 0 Å². The zero-order valence-corrected chi connectivity index (χ0v) is 10.4. The predicted molar refractivity (Wildman–Crippen MR) is 62.5 cm³/mol. The molecule has 0 aliphatic carbocycles. The average molecular weight is 241 g/mol. The Balaban J connectivity index is 2.41. The highest BCUT2D eigenvalue weighted by Gasteiger charge is 2.18. The van der Waals surface area contributed by atoms with E-state index in [9.17, 15) is 4.79 Å². The van der Waals surface area contributed by atoms with Crippen LogP contribution in [0.3, 0.4) is 0 Å². The highest BCUT2D eigenvalue weighted by molar-refractivity contribution is 5.67. The Morgan fingerprint density at radius 2 is 2.35 bits per heavy atom. The summed E-state index contributed by atoms with van der Waals surface area (Å²) < 4.78 is 9.85. The number of amides is 1. The standard InChI is InChI=1S/C11H19N3O3/c1-11(2,3)17-10(15)13-7-8(6-12)9-4-5-16-14-9/h4-5,8H,6-7,12H2,1-3H3,(H,13,15). The van der Waals surface area contributed by atoms with Crippen molar-refractivity contribution in [1.29, 1.82) is 0 Å². The van der Waals surface area contributed by atoms with Crippen LogP contribution < -0.4 is 11.1 Å². The SMILES string of the molecule is CC(C)(C)OC(=O)NCC(CN)c1ccon1. The summed E-state index contributed by atoms with van der Waals surface area (Å²) >= 11 is 0. The first-order chi connectivity index (χ1) is 7.92. The van der Waals surface area contributed by atoms with Crippen molar-refractivity contribution in [3.05, 3.63) is 18.0 Å². The van der Waals surface area contributed by atoms with Crippen LogP contribution in [0.15, 0.2) is 16.9 Å². The van der Waals surface area contributed by atoms with E-state index < -0.39 is 11.7 Å². The fourth-order valence-corrected chi connectivity index (χ4v) is 1.26. The van der Waals surface area contributed by atoms with Crippen LogP contribution in [0.2, 0.25) is 0 Å². The van der Waals surface area contributed by atoms with Crippen LogP contribution >= 0.6 is 0 Å². The molecule has 0 radical (unpaired) electrons. The first-order valence-corrected chi connectivity index (χ1v) is 5.49. The highest BCUT2D eigenvalue weighted by atomic mass is 16.6. The van der Waals surface area contributed by atoms with Gasteiger partial charge in [0.2, 0.25) is 0 Å². The Labute approximate surface area is 100 Å². The number of carbonyl (C=O) groups excluding carboxylic acids is 1. The van der Waals surface area contributed by atoms with Crippen LogP contribution in [-0.4, -0.2) is 29.9 Å². The highest BCUT2D eigenvalue weighted by Crippen LogP contribution is 2.11. The molecule has 0 saturated carbocycles. The van der Waals surface area contributed by atoms with E-state index in [0.29, 0.717) is 13.1 Å². The summed E-state index contributed by atoms with van der Waals surface area (Å²) in [4.78, 5) is 11.4. The van der Waals surface area contributed by atoms with Gasteiger partial charge in [0.05, 0.1) is 5.69 Å². The topological polar surface area (TPSA) is 90.4 Å². The van der Waals surface area contributed by atoms with E-state index >= 15 is 0 Å². The van der Waals surface area contributed by atoms with Gasteiger partial charge in [-0.2, -0.15) is 0 Å². The molecule has 1 unspecified atom stereocenters. The Kier molecular flexibility index (Phi) is 4.51. The van der Waals surface area contributed by atoms with Crippen molar-refractivity contribution in [1.82, 2.24) is 10.5 Å². The molecule has 3 N–H and O–H groups in total. The summed E-state index contributed by atoms with van der Waals surface area (Å²) in [7, 11) is 0. The van der Waals surface area contributed by atoms with Crippen LogP contribution in [0.1, 0.15) is 32.4 Å². The third kappa shape index (κ3) is 4.86. The Hall–Kier alpha value is -1.56. The first-order valence-electron chi connectivity index (χ1n) is 5.49. The van der Waals surface area contributed by atoms with Gasteiger partial charge in [0.25, 0.3) is 0 Å². The van der Waals surface area contributed by atoms with Crippen molar-refractivity contribution in [3.63, 3.8) is 0 Å². The minimum absolute atomic E-state index is 0.0683. The maximum atomic E-state index is 11.4. The van der Waals surface area contributed by atoms with Crippen molar-refractivity contribution in [2.24, 2.45) is 5.73 Å². The van der Waals surface area contributed by atoms with E-state index in [2.05, 4.69) is 10.5 Å². The second kappa shape index (κ2) is 5.67. The van der Waals surface area contributed by atoms with E-state index in [0.717, 1.165) is 5.69 Å². The minimum atomic E-state index is -0.504. The van der Waals surface area contributed by atoms with Gasteiger partial charge in [-0.05, 0) is 20.8 Å². The number of carbonyl (C=O) groups is 1. The molecule has 0 saturated heterocycles. The van der Waals surface area contributed by atoms with Gasteiger partial charge in [0, 0.05) is 25.1 Å². The molecular weight excluding hydrogens is 222 g/mol. The van der Waals surface area contributed by atoms with E-state index in [-0.39, 0.29) is 5.92 Å². The van der Waals surface area contributed by atoms with Crippen molar-refractivity contribution in [3.8, 4) is 0 Å². The van der Waals surface area contributed by atoms with Crippen LogP contribution in [0.4, 0.5) is 4.79 Å². The second-order valence-corrected chi connectivity index (χ2v) is 4.74. The molecule has 0 aliphatic rings. The third-order valence-electron chi connectivity index (χ3n) is 2.05. The van der Waals surface area contributed by atoms with Gasteiger partial charge < -0.3 is 20.3 Å². The number of ether oxygens (including phenoxy) is 1. The van der Waals surface area contributed by atoms with Gasteiger partial charge >= 0.3 is 6.09 Å². The average Bonchev–Trinajstić information content (AvgIpc) is 2.69. The number of hydrogen-bond acceptors (Lipinski definition) is 5. The molecule has 1 aromatic heterocycles. The quantitative estimate of drug-likeness (QED) is 0.827. The summed E-state index contributed by atoms with van der Waals surface area (Å²) in [6, 6.07) is 1.73. The van der Waals surface area contributed by atoms with Gasteiger partial charge in [-0.15, -0.1) is 0 Å². The number of hydrogen-bond donors (Lipinski definition) is 2. The molecule has 1 rings (SSSR count). The Bertz CT molecular complexity index is 343. The van der Waals surface area contributed by atoms with Crippen LogP contribution in [-0.2, 0) is 4.74 Å². The fraction of sp³-hybridized carbons (Fsp3) is 0.636. The molecule has 1 aromatic rings. The molecule has 0 bridgehead atoms. The lowest BCUT2D eigenvalue weighted by Crippen LogP contribution is -2.36. The molecule has 0 fully saturated rings. The lowest BCUT2D eigenvalue weighted by molar-refractivity contribution is 0.0524. The number of nitrogens with two attached hydrogens (primary N) is 1. The smallest absolute Gasteiger partial charge is 0.407 e. The first kappa shape index (κ1) is 13.5. The fourth-order valence-electron chi connectivity index (χ4n) is 1.26. The monoisotopic (exact) mass is 241 g/mol. The zero-order chi connectivity index (χ0) is 12.9. The van der Waals surface area contributed by atoms with Crippen molar-refractivity contribution >= 4 is 6.09 Å². The normalized spacial score (nSPS) is 13.2. The van der Waals surface area contributed by atoms with E-state index in [4.69, 9.17) is 15.0 Å². The Morgan fingerprint density at radius 1 is 1.65 bits per heavy atom. The van der Waals surface area contributed by atoms with Crippen LogP contribution in [0, 0.1) is 0 Å². The minimum Gasteiger partial charge on any atom is -0.444 e. The molecule has 17 heavy (non-hydrogen) atoms. The molecule has 96 valence electrons. The van der Waals surface area contributed by atoms with Gasteiger partial charge in [-0.3, -0.25) is 0 Å². The number of nitrogens with zero attached hydrogens (tertiary/aromatic N) is 1. The van der Waals surface area contributed by atoms with E-state index in [1.807, 2.05) is 20.8 Å². The third-order valence-corrected chi connectivity index (χ3v) is 2.05. The van der Waals surface area contributed by atoms with E-state index in [1.54, 1.807) is 6.07 Å². The zero-order valence-electron chi connectivity index (χ0n) is 10.4. The molecule has 6 heteroatoms. The largest absolute Gasteiger partial charge is 0.444 e. The lowest BCUT2D eigenvalue weighted by Gasteiger charge is -2.20. The van der Waals surface area contributed by atoms with Crippen LogP contribution in [0.25, 0.3) is 0 Å². The van der Waals surface area contributed by atoms with Crippen LogP contribution in [0.5, 0.6) is 0 Å². The van der Waals surface area contributed by atoms with E-state index in [1.165, 1.54) is 6.26 Å². The molecule has 0 spiro atoms. The summed E-state index contributed by atoms with van der Waals surface area (Å²) in [5, 5.41) is 6.45. The number of alkyl carbamates (subject to hydrolysis) is 1. The molecular formula is C11H19N3O3. The number of nitrogens with one attached hydrogen (secondary N) is 1. The summed E-state index contributed by atoms with van der Waals surface area (Å²) in [5.41, 5.74) is 5.83. The second-order valence-electron chi connectivity index (χ2n) is 4.74. The molecule has 0 aliphatic heterocycles. The summed E-state index contributed by atoms with van der Waals surface area (Å²) in [5.74, 6) is -0.0683. The molecule has 0 aromatic carbocycles. The number of aromatic nitrogens is 1.